The van der Waals surface area contributed by atoms with Gasteiger partial charge < -0.3 is 0 Å². The lowest BCUT2D eigenvalue weighted by Crippen LogP contribution is -2.51. The van der Waals surface area contributed by atoms with Crippen LogP contribution in [0.15, 0.2) is 83.5 Å². The maximum absolute atomic E-state index is 14.6. The van der Waals surface area contributed by atoms with Gasteiger partial charge in [0.2, 0.25) is 0 Å². The van der Waals surface area contributed by atoms with Crippen LogP contribution in [0.25, 0.3) is 11.8 Å². The molecule has 2 saturated carbocycles. The third-order valence-corrected chi connectivity index (χ3v) is 11.6. The zero-order valence-electron chi connectivity index (χ0n) is 24.0. The number of hydrogen-bond acceptors (Lipinski definition) is 4. The van der Waals surface area contributed by atoms with Gasteiger partial charge in [-0.05, 0) is 123 Å². The highest BCUT2D eigenvalue weighted by Crippen LogP contribution is 2.52. The summed E-state index contributed by atoms with van der Waals surface area (Å²) in [7, 11) is -2.98. The van der Waals surface area contributed by atoms with Crippen LogP contribution in [0.5, 0.6) is 0 Å². The average molecular weight is 633 g/mol. The Labute approximate surface area is 260 Å². The fourth-order valence-electron chi connectivity index (χ4n) is 6.74. The number of benzene rings is 2. The minimum absolute atomic E-state index is 0.139. The monoisotopic (exact) mass is 632 g/mol. The Hall–Kier alpha value is -3.66. The first kappa shape index (κ1) is 29.1. The van der Waals surface area contributed by atoms with Crippen LogP contribution in [-0.4, -0.2) is 47.5 Å². The van der Waals surface area contributed by atoms with Crippen molar-refractivity contribution in [2.75, 3.05) is 6.54 Å². The molecule has 0 N–H and O–H groups in total. The number of allylic oxidation sites excluding steroid dienone is 1. The number of pyridine rings is 1. The number of nitrogens with zero attached hydrogens (tertiary/aromatic N) is 4. The van der Waals surface area contributed by atoms with Crippen molar-refractivity contribution in [1.82, 2.24) is 19.1 Å². The third kappa shape index (κ3) is 5.21. The molecule has 3 atom stereocenters. The molecule has 0 bridgehead atoms. The molecule has 0 spiro atoms. The van der Waals surface area contributed by atoms with Crippen LogP contribution in [0.4, 0.5) is 8.78 Å². The fourth-order valence-corrected chi connectivity index (χ4v) is 8.84. The zero-order chi connectivity index (χ0) is 30.6. The lowest BCUT2D eigenvalue weighted by Gasteiger charge is -2.47. The summed E-state index contributed by atoms with van der Waals surface area (Å²) in [5.74, 6) is 3.74. The zero-order valence-corrected chi connectivity index (χ0v) is 25.5. The summed E-state index contributed by atoms with van der Waals surface area (Å²) in [6, 6.07) is 14.9. The molecule has 1 unspecified atom stereocenters. The van der Waals surface area contributed by atoms with Gasteiger partial charge in [0.05, 0.1) is 32.7 Å². The Kier molecular flexibility index (Phi) is 7.30. The number of ketones is 1. The molecule has 0 saturated heterocycles. The molecule has 3 aliphatic carbocycles. The number of halogens is 3. The summed E-state index contributed by atoms with van der Waals surface area (Å²) in [6.45, 7) is 0.594. The van der Waals surface area contributed by atoms with Gasteiger partial charge in [0, 0.05) is 28.7 Å². The lowest BCUT2D eigenvalue weighted by molar-refractivity contribution is 0.0738. The van der Waals surface area contributed by atoms with Gasteiger partial charge in [0.1, 0.15) is 17.3 Å². The van der Waals surface area contributed by atoms with E-state index in [1.54, 1.807) is 47.3 Å². The second-order valence-electron chi connectivity index (χ2n) is 12.1. The standard InChI is InChI=1S/C34H31ClF2N4O2S/c1-44(43,30-12-7-27(37)8-13-30)40(21-22-2-3-22)29-9-4-24-16-32-23(20-39-41(32)28-10-5-26(36)6-11-28)18-34(24,19-29)33(42)31-17-25(35)14-15-38-31/h5-8,10-17,20,22,29H,1-4,9,18-19,21H2/t29-,34-,44?/m0/s1. The van der Waals surface area contributed by atoms with Crippen LogP contribution in [0, 0.1) is 23.0 Å². The summed E-state index contributed by atoms with van der Waals surface area (Å²) in [6.07, 6.45) is 9.49. The van der Waals surface area contributed by atoms with Crippen molar-refractivity contribution in [3.05, 3.63) is 112 Å². The summed E-state index contributed by atoms with van der Waals surface area (Å²) >= 11 is 6.32. The van der Waals surface area contributed by atoms with Gasteiger partial charge in [0.15, 0.2) is 5.78 Å². The molecule has 0 aliphatic heterocycles. The molecular weight excluding hydrogens is 602 g/mol. The van der Waals surface area contributed by atoms with Crippen LogP contribution in [0.1, 0.15) is 53.8 Å². The van der Waals surface area contributed by atoms with Crippen molar-refractivity contribution in [3.63, 3.8) is 0 Å². The average Bonchev–Trinajstić information content (AvgIpc) is 3.76. The van der Waals surface area contributed by atoms with E-state index in [-0.39, 0.29) is 23.3 Å². The first-order valence-corrected chi connectivity index (χ1v) is 16.8. The molecule has 2 fully saturated rings. The molecular formula is C34H31ClF2N4O2S. The predicted molar refractivity (Wildman–Crippen MR) is 168 cm³/mol. The van der Waals surface area contributed by atoms with Gasteiger partial charge in [-0.1, -0.05) is 17.2 Å². The first-order valence-electron chi connectivity index (χ1n) is 14.7. The molecule has 0 radical (unpaired) electrons. The van der Waals surface area contributed by atoms with Crippen LogP contribution in [0.2, 0.25) is 5.02 Å². The summed E-state index contributed by atoms with van der Waals surface area (Å²) in [5.41, 5.74) is 2.73. The molecule has 7 rings (SSSR count). The number of carbonyl (C=O) groups is 1. The van der Waals surface area contributed by atoms with Gasteiger partial charge in [-0.25, -0.2) is 22.0 Å². The second kappa shape index (κ2) is 11.1. The number of rotatable bonds is 8. The Morgan fingerprint density at radius 2 is 1.77 bits per heavy atom. The molecule has 2 aromatic carbocycles. The van der Waals surface area contributed by atoms with Crippen molar-refractivity contribution >= 4 is 39.0 Å². The molecule has 2 heterocycles. The van der Waals surface area contributed by atoms with Gasteiger partial charge in [-0.2, -0.15) is 5.10 Å². The van der Waals surface area contributed by atoms with Crippen LogP contribution in [0.3, 0.4) is 0 Å². The molecule has 6 nitrogen and oxygen atoms in total. The fraction of sp³-hybridized carbons (Fsp3) is 0.294. The van der Waals surface area contributed by atoms with E-state index >= 15 is 0 Å². The lowest BCUT2D eigenvalue weighted by atomic mass is 9.60. The Bertz CT molecular complexity index is 1880. The van der Waals surface area contributed by atoms with Gasteiger partial charge in [-0.15, -0.1) is 0 Å². The number of hydrogen-bond donors (Lipinski definition) is 0. The van der Waals surface area contributed by atoms with Crippen molar-refractivity contribution in [2.45, 2.75) is 49.5 Å². The quantitative estimate of drug-likeness (QED) is 0.156. The van der Waals surface area contributed by atoms with E-state index in [4.69, 9.17) is 11.6 Å². The smallest absolute Gasteiger partial charge is 0.191 e. The first-order chi connectivity index (χ1) is 21.1. The highest BCUT2D eigenvalue weighted by Gasteiger charge is 2.51. The van der Waals surface area contributed by atoms with E-state index in [0.29, 0.717) is 48.1 Å². The van der Waals surface area contributed by atoms with Crippen molar-refractivity contribution in [3.8, 4) is 5.69 Å². The number of carbonyl (C=O) groups excluding carboxylic acids is 1. The molecule has 2 aromatic heterocycles. The molecule has 44 heavy (non-hydrogen) atoms. The third-order valence-electron chi connectivity index (χ3n) is 9.20. The van der Waals surface area contributed by atoms with E-state index in [1.807, 2.05) is 10.4 Å². The summed E-state index contributed by atoms with van der Waals surface area (Å²) in [4.78, 5) is 19.5. The topological polar surface area (TPSA) is 68.1 Å². The van der Waals surface area contributed by atoms with Crippen molar-refractivity contribution < 1.29 is 17.8 Å². The summed E-state index contributed by atoms with van der Waals surface area (Å²) < 4.78 is 45.8. The number of aromatic nitrogens is 3. The predicted octanol–water partition coefficient (Wildman–Crippen LogP) is 6.96. The SMILES string of the molecule is C=S(=O)(c1ccc(F)cc1)N(CC1CC1)[C@H]1CCC2=Cc3c(cnn3-c3ccc(F)cc3)C[C@]2(C(=O)c2cc(Cl)ccn2)C1. The normalized spacial score (nSPS) is 22.5. The minimum Gasteiger partial charge on any atom is -0.291 e. The Morgan fingerprint density at radius 1 is 1.07 bits per heavy atom. The van der Waals surface area contributed by atoms with E-state index < -0.39 is 20.9 Å². The van der Waals surface area contributed by atoms with E-state index in [9.17, 15) is 17.8 Å². The van der Waals surface area contributed by atoms with Crippen LogP contribution in [-0.2, 0) is 16.1 Å². The Morgan fingerprint density at radius 3 is 2.45 bits per heavy atom. The van der Waals surface area contributed by atoms with Crippen LogP contribution < -0.4 is 0 Å². The molecule has 3 aliphatic rings. The maximum atomic E-state index is 14.6. The van der Waals surface area contributed by atoms with Gasteiger partial charge in [-0.3, -0.25) is 9.78 Å². The molecule has 0 amide bonds. The molecule has 10 heteroatoms. The molecule has 4 aromatic rings. The highest BCUT2D eigenvalue weighted by molar-refractivity contribution is 7.98. The second-order valence-corrected chi connectivity index (χ2v) is 14.8. The van der Waals surface area contributed by atoms with Crippen molar-refractivity contribution in [1.29, 1.82) is 0 Å². The highest BCUT2D eigenvalue weighted by atomic mass is 35.5. The number of fused-ring (bicyclic) bond motifs is 2. The molecule has 226 valence electrons. The van der Waals surface area contributed by atoms with Gasteiger partial charge >= 0.3 is 0 Å². The van der Waals surface area contributed by atoms with Gasteiger partial charge in [0.25, 0.3) is 0 Å². The summed E-state index contributed by atoms with van der Waals surface area (Å²) in [5, 5.41) is 5.05. The maximum Gasteiger partial charge on any atom is 0.191 e. The van der Waals surface area contributed by atoms with Crippen LogP contribution >= 0.6 is 11.6 Å². The van der Waals surface area contributed by atoms with E-state index in [1.165, 1.54) is 30.5 Å². The Balaban J connectivity index is 1.31. The van der Waals surface area contributed by atoms with E-state index in [2.05, 4.69) is 16.0 Å². The minimum atomic E-state index is -2.98. The van der Waals surface area contributed by atoms with E-state index in [0.717, 1.165) is 35.4 Å². The largest absolute Gasteiger partial charge is 0.291 e. The van der Waals surface area contributed by atoms with Crippen molar-refractivity contribution in [2.24, 2.45) is 11.3 Å². The number of Topliss-reactive ketones (excluding diaryl/α,β-unsaturated/α-hetero) is 1.